The van der Waals surface area contributed by atoms with Crippen molar-refractivity contribution in [2.24, 2.45) is 0 Å². The smallest absolute Gasteiger partial charge is 0.267 e. The summed E-state index contributed by atoms with van der Waals surface area (Å²) in [4.78, 5) is 12.2. The van der Waals surface area contributed by atoms with E-state index in [0.29, 0.717) is 10.7 Å². The van der Waals surface area contributed by atoms with Gasteiger partial charge in [-0.3, -0.25) is 4.79 Å². The van der Waals surface area contributed by atoms with Crippen LogP contribution in [0.15, 0.2) is 58.7 Å². The van der Waals surface area contributed by atoms with E-state index in [0.717, 1.165) is 15.7 Å². The predicted molar refractivity (Wildman–Crippen MR) is 96.3 cm³/mol. The molecule has 0 unspecified atom stereocenters. The minimum Gasteiger partial charge on any atom is -0.359 e. The molecule has 0 radical (unpaired) electrons. The third-order valence-corrected chi connectivity index (χ3v) is 4.23. The quantitative estimate of drug-likeness (QED) is 0.578. The van der Waals surface area contributed by atoms with Gasteiger partial charge in [0, 0.05) is 21.4 Å². The molecule has 23 heavy (non-hydrogen) atoms. The first-order valence-electron chi connectivity index (χ1n) is 6.70. The van der Waals surface area contributed by atoms with E-state index in [9.17, 15) is 10.1 Å². The zero-order chi connectivity index (χ0) is 16.8. The fourth-order valence-electron chi connectivity index (χ4n) is 1.81. The van der Waals surface area contributed by atoms with Crippen LogP contribution in [0.4, 0.5) is 11.4 Å². The normalized spacial score (nSPS) is 10.8. The van der Waals surface area contributed by atoms with E-state index in [1.807, 2.05) is 30.3 Å². The molecule has 0 bridgehead atoms. The van der Waals surface area contributed by atoms with Crippen molar-refractivity contribution in [2.45, 2.75) is 6.92 Å². The first kappa shape index (κ1) is 17.1. The summed E-state index contributed by atoms with van der Waals surface area (Å²) >= 11 is 9.41. The van der Waals surface area contributed by atoms with Gasteiger partial charge in [-0.25, -0.2) is 0 Å². The van der Waals surface area contributed by atoms with Gasteiger partial charge in [0.2, 0.25) is 0 Å². The number of nitrogens with zero attached hydrogens (tertiary/aromatic N) is 1. The molecule has 0 fully saturated rings. The van der Waals surface area contributed by atoms with Crippen molar-refractivity contribution < 1.29 is 4.79 Å². The van der Waals surface area contributed by atoms with Crippen LogP contribution in [0.2, 0.25) is 5.02 Å². The molecule has 2 aromatic rings. The van der Waals surface area contributed by atoms with E-state index in [-0.39, 0.29) is 5.57 Å². The van der Waals surface area contributed by atoms with Crippen LogP contribution in [-0.4, -0.2) is 5.91 Å². The van der Waals surface area contributed by atoms with E-state index >= 15 is 0 Å². The monoisotopic (exact) mass is 389 g/mol. The molecular weight excluding hydrogens is 378 g/mol. The molecule has 0 saturated carbocycles. The Balaban J connectivity index is 2.16. The number of hydrogen-bond acceptors (Lipinski definition) is 3. The molecule has 2 N–H and O–H groups in total. The fourth-order valence-corrected chi connectivity index (χ4v) is 2.38. The maximum absolute atomic E-state index is 12.2. The van der Waals surface area contributed by atoms with Gasteiger partial charge < -0.3 is 10.6 Å². The number of anilines is 2. The standard InChI is InChI=1S/C17H13BrClN3O/c1-11-14(19)6-4-8-15(11)22-17(23)12(9-20)10-21-16-7-3-2-5-13(16)18/h2-8,10,21H,1H3,(H,22,23)/b12-10-. The van der Waals surface area contributed by atoms with E-state index in [2.05, 4.69) is 26.6 Å². The van der Waals surface area contributed by atoms with E-state index < -0.39 is 5.91 Å². The Bertz CT molecular complexity index is 812. The Labute approximate surface area is 147 Å². The molecule has 2 aromatic carbocycles. The van der Waals surface area contributed by atoms with Crippen LogP contribution in [0.3, 0.4) is 0 Å². The highest BCUT2D eigenvalue weighted by molar-refractivity contribution is 9.10. The average molecular weight is 391 g/mol. The number of carbonyl (C=O) groups is 1. The highest BCUT2D eigenvalue weighted by Gasteiger charge is 2.11. The highest BCUT2D eigenvalue weighted by atomic mass is 79.9. The molecule has 0 atom stereocenters. The van der Waals surface area contributed by atoms with E-state index in [1.165, 1.54) is 6.20 Å². The summed E-state index contributed by atoms with van der Waals surface area (Å²) in [5.41, 5.74) is 2.04. The summed E-state index contributed by atoms with van der Waals surface area (Å²) < 4.78 is 0.833. The third-order valence-electron chi connectivity index (χ3n) is 3.13. The number of nitrogens with one attached hydrogen (secondary N) is 2. The van der Waals surface area contributed by atoms with Crippen LogP contribution in [0.5, 0.6) is 0 Å². The van der Waals surface area contributed by atoms with Crippen LogP contribution in [0.1, 0.15) is 5.56 Å². The molecule has 4 nitrogen and oxygen atoms in total. The third kappa shape index (κ3) is 4.35. The zero-order valence-corrected chi connectivity index (χ0v) is 14.6. The lowest BCUT2D eigenvalue weighted by molar-refractivity contribution is -0.112. The van der Waals surface area contributed by atoms with E-state index in [4.69, 9.17) is 11.6 Å². The zero-order valence-electron chi connectivity index (χ0n) is 12.2. The molecular formula is C17H13BrClN3O. The van der Waals surface area contributed by atoms with Gasteiger partial charge in [0.05, 0.1) is 5.69 Å². The average Bonchev–Trinajstić information content (AvgIpc) is 2.54. The van der Waals surface area contributed by atoms with Crippen molar-refractivity contribution in [3.63, 3.8) is 0 Å². The van der Waals surface area contributed by atoms with Crippen molar-refractivity contribution in [1.29, 1.82) is 5.26 Å². The number of rotatable bonds is 4. The maximum Gasteiger partial charge on any atom is 0.267 e. The van der Waals surface area contributed by atoms with Gasteiger partial charge >= 0.3 is 0 Å². The summed E-state index contributed by atoms with van der Waals surface area (Å²) in [7, 11) is 0. The summed E-state index contributed by atoms with van der Waals surface area (Å²) in [5, 5.41) is 15.4. The second-order valence-corrected chi connectivity index (χ2v) is 5.92. The van der Waals surface area contributed by atoms with Crippen molar-refractivity contribution >= 4 is 44.8 Å². The van der Waals surface area contributed by atoms with E-state index in [1.54, 1.807) is 25.1 Å². The van der Waals surface area contributed by atoms with Crippen molar-refractivity contribution in [3.8, 4) is 6.07 Å². The Morgan fingerprint density at radius 1 is 1.22 bits per heavy atom. The highest BCUT2D eigenvalue weighted by Crippen LogP contribution is 2.24. The minimum atomic E-state index is -0.502. The van der Waals surface area contributed by atoms with Crippen LogP contribution < -0.4 is 10.6 Å². The minimum absolute atomic E-state index is 0.0415. The van der Waals surface area contributed by atoms with Crippen LogP contribution in [0.25, 0.3) is 0 Å². The summed E-state index contributed by atoms with van der Waals surface area (Å²) in [6, 6.07) is 14.5. The molecule has 2 rings (SSSR count). The van der Waals surface area contributed by atoms with Crippen LogP contribution >= 0.6 is 27.5 Å². The Morgan fingerprint density at radius 3 is 2.61 bits per heavy atom. The van der Waals surface area contributed by atoms with Gasteiger partial charge in [-0.1, -0.05) is 29.8 Å². The SMILES string of the molecule is Cc1c(Cl)cccc1NC(=O)/C(C#N)=C\Nc1ccccc1Br. The molecule has 0 aliphatic carbocycles. The topological polar surface area (TPSA) is 64.9 Å². The molecule has 0 aliphatic heterocycles. The number of carbonyl (C=O) groups excluding carboxylic acids is 1. The van der Waals surface area contributed by atoms with Crippen molar-refractivity contribution in [3.05, 3.63) is 69.3 Å². The lowest BCUT2D eigenvalue weighted by Crippen LogP contribution is -2.15. The second-order valence-electron chi connectivity index (χ2n) is 4.66. The second kappa shape index (κ2) is 7.82. The lowest BCUT2D eigenvalue weighted by Gasteiger charge is -2.09. The number of amides is 1. The molecule has 1 amide bonds. The number of para-hydroxylation sites is 1. The lowest BCUT2D eigenvalue weighted by atomic mass is 10.2. The summed E-state index contributed by atoms with van der Waals surface area (Å²) in [6.45, 7) is 1.80. The first-order chi connectivity index (χ1) is 11.0. The summed E-state index contributed by atoms with van der Waals surface area (Å²) in [5.74, 6) is -0.502. The van der Waals surface area contributed by atoms with Gasteiger partial charge in [-0.15, -0.1) is 0 Å². The van der Waals surface area contributed by atoms with Gasteiger partial charge in [-0.2, -0.15) is 5.26 Å². The maximum atomic E-state index is 12.2. The first-order valence-corrected chi connectivity index (χ1v) is 7.88. The predicted octanol–water partition coefficient (Wildman–Crippen LogP) is 4.87. The molecule has 0 spiro atoms. The van der Waals surface area contributed by atoms with Crippen molar-refractivity contribution in [2.75, 3.05) is 10.6 Å². The van der Waals surface area contributed by atoms with Gasteiger partial charge in [0.15, 0.2) is 0 Å². The molecule has 0 aliphatic rings. The number of nitriles is 1. The fraction of sp³-hybridized carbons (Fsp3) is 0.0588. The summed E-state index contributed by atoms with van der Waals surface area (Å²) in [6.07, 6.45) is 1.37. The van der Waals surface area contributed by atoms with Gasteiger partial charge in [0.25, 0.3) is 5.91 Å². The molecule has 0 heterocycles. The number of halogens is 2. The van der Waals surface area contributed by atoms with Crippen LogP contribution in [-0.2, 0) is 4.79 Å². The largest absolute Gasteiger partial charge is 0.359 e. The Hall–Kier alpha value is -2.29. The molecule has 0 aromatic heterocycles. The van der Waals surface area contributed by atoms with Crippen molar-refractivity contribution in [1.82, 2.24) is 0 Å². The molecule has 0 saturated heterocycles. The van der Waals surface area contributed by atoms with Gasteiger partial charge in [0.1, 0.15) is 11.6 Å². The van der Waals surface area contributed by atoms with Crippen LogP contribution in [0, 0.1) is 18.3 Å². The Morgan fingerprint density at radius 2 is 1.91 bits per heavy atom. The Kier molecular flexibility index (Phi) is 5.80. The molecule has 116 valence electrons. The molecule has 6 heteroatoms. The van der Waals surface area contributed by atoms with Gasteiger partial charge in [-0.05, 0) is 52.7 Å². The number of hydrogen-bond donors (Lipinski definition) is 2. The number of benzene rings is 2.